The number of aromatic amines is 1. The van der Waals surface area contributed by atoms with Gasteiger partial charge < -0.3 is 5.11 Å². The molecule has 4 nitrogen and oxygen atoms in total. The molecule has 4 heteroatoms. The maximum absolute atomic E-state index is 9.15. The van der Waals surface area contributed by atoms with Crippen LogP contribution in [0.1, 0.15) is 31.0 Å². The van der Waals surface area contributed by atoms with Gasteiger partial charge in [0, 0.05) is 24.1 Å². The van der Waals surface area contributed by atoms with Crippen molar-refractivity contribution in [1.82, 2.24) is 15.2 Å². The average Bonchev–Trinajstić information content (AvgIpc) is 2.75. The molecule has 17 heavy (non-hydrogen) atoms. The van der Waals surface area contributed by atoms with Crippen molar-refractivity contribution in [3.05, 3.63) is 35.7 Å². The zero-order valence-electron chi connectivity index (χ0n) is 10.1. The van der Waals surface area contributed by atoms with E-state index in [1.165, 1.54) is 0 Å². The van der Waals surface area contributed by atoms with E-state index in [1.807, 2.05) is 18.2 Å². The number of aromatic nitrogens is 3. The maximum atomic E-state index is 9.15. The first kappa shape index (κ1) is 11.8. The lowest BCUT2D eigenvalue weighted by atomic mass is 10.0. The second-order valence-electron chi connectivity index (χ2n) is 4.31. The van der Waals surface area contributed by atoms with Crippen molar-refractivity contribution in [3.8, 4) is 11.4 Å². The Morgan fingerprint density at radius 1 is 1.35 bits per heavy atom. The van der Waals surface area contributed by atoms with E-state index >= 15 is 0 Å². The molecule has 90 valence electrons. The second-order valence-corrected chi connectivity index (χ2v) is 4.31. The fourth-order valence-electron chi connectivity index (χ4n) is 1.94. The van der Waals surface area contributed by atoms with Crippen molar-refractivity contribution < 1.29 is 5.11 Å². The van der Waals surface area contributed by atoms with Gasteiger partial charge in [0.05, 0.1) is 5.69 Å². The first-order valence-electron chi connectivity index (χ1n) is 5.83. The smallest absolute Gasteiger partial charge is 0.114 e. The van der Waals surface area contributed by atoms with Crippen LogP contribution in [0.2, 0.25) is 0 Å². The summed E-state index contributed by atoms with van der Waals surface area (Å²) in [5, 5.41) is 16.5. The van der Waals surface area contributed by atoms with Crippen LogP contribution in [-0.4, -0.2) is 26.9 Å². The first-order chi connectivity index (χ1) is 8.24. The molecule has 0 radical (unpaired) electrons. The largest absolute Gasteiger partial charge is 0.396 e. The number of nitrogens with one attached hydrogen (secondary N) is 1. The van der Waals surface area contributed by atoms with Crippen molar-refractivity contribution in [2.24, 2.45) is 0 Å². The predicted molar refractivity (Wildman–Crippen MR) is 66.7 cm³/mol. The zero-order valence-corrected chi connectivity index (χ0v) is 10.1. The lowest BCUT2D eigenvalue weighted by molar-refractivity contribution is 0.299. The third-order valence-corrected chi connectivity index (χ3v) is 2.75. The van der Waals surface area contributed by atoms with Crippen molar-refractivity contribution in [2.75, 3.05) is 6.61 Å². The minimum absolute atomic E-state index is 0.124. The summed E-state index contributed by atoms with van der Waals surface area (Å²) in [5.41, 5.74) is 3.85. The summed E-state index contributed by atoms with van der Waals surface area (Å²) in [7, 11) is 0. The molecule has 0 unspecified atom stereocenters. The van der Waals surface area contributed by atoms with Gasteiger partial charge in [0.25, 0.3) is 0 Å². The maximum Gasteiger partial charge on any atom is 0.114 e. The molecule has 2 N–H and O–H groups in total. The predicted octanol–water partition coefficient (Wildman–Crippen LogP) is 2.13. The third kappa shape index (κ3) is 2.36. The Labute approximate surface area is 101 Å². The van der Waals surface area contributed by atoms with Crippen LogP contribution < -0.4 is 0 Å². The molecule has 0 spiro atoms. The summed E-state index contributed by atoms with van der Waals surface area (Å²) in [6.45, 7) is 4.34. The van der Waals surface area contributed by atoms with Crippen molar-refractivity contribution in [1.29, 1.82) is 0 Å². The molecular formula is C13H17N3O. The van der Waals surface area contributed by atoms with Gasteiger partial charge >= 0.3 is 0 Å². The van der Waals surface area contributed by atoms with Gasteiger partial charge in [-0.1, -0.05) is 19.9 Å². The van der Waals surface area contributed by atoms with Gasteiger partial charge in [-0.3, -0.25) is 10.1 Å². The molecule has 2 aromatic heterocycles. The van der Waals surface area contributed by atoms with Crippen molar-refractivity contribution in [2.45, 2.75) is 26.2 Å². The minimum atomic E-state index is 0.124. The number of hydrogen-bond donors (Lipinski definition) is 2. The zero-order chi connectivity index (χ0) is 12.3. The van der Waals surface area contributed by atoms with Crippen molar-refractivity contribution >= 4 is 0 Å². The quantitative estimate of drug-likeness (QED) is 0.847. The van der Waals surface area contributed by atoms with Crippen LogP contribution in [0.15, 0.2) is 24.4 Å². The molecule has 2 heterocycles. The second kappa shape index (κ2) is 5.10. The Hall–Kier alpha value is -1.68. The molecule has 0 saturated carbocycles. The first-order valence-corrected chi connectivity index (χ1v) is 5.83. The van der Waals surface area contributed by atoms with E-state index in [0.717, 1.165) is 22.6 Å². The molecular weight excluding hydrogens is 214 g/mol. The molecule has 0 fully saturated rings. The summed E-state index contributed by atoms with van der Waals surface area (Å²) in [5.74, 6) is 0.363. The number of nitrogens with zero attached hydrogens (tertiary/aromatic N) is 2. The topological polar surface area (TPSA) is 61.8 Å². The number of aliphatic hydroxyl groups is 1. The van der Waals surface area contributed by atoms with Crippen LogP contribution in [0, 0.1) is 0 Å². The standard InChI is InChI=1S/C13H17N3O/c1-9(2)12-10(6-8-17)13(16-15-12)11-5-3-4-7-14-11/h3-5,7,9,17H,6,8H2,1-2H3,(H,15,16). The molecule has 0 aliphatic heterocycles. The highest BCUT2D eigenvalue weighted by molar-refractivity contribution is 5.60. The normalized spacial score (nSPS) is 11.1. The van der Waals surface area contributed by atoms with E-state index in [0.29, 0.717) is 12.3 Å². The fraction of sp³-hybridized carbons (Fsp3) is 0.385. The molecule has 0 amide bonds. The van der Waals surface area contributed by atoms with Crippen LogP contribution >= 0.6 is 0 Å². The van der Waals surface area contributed by atoms with Crippen LogP contribution in [-0.2, 0) is 6.42 Å². The SMILES string of the molecule is CC(C)c1[nH]nc(-c2ccccn2)c1CCO. The number of hydrogen-bond acceptors (Lipinski definition) is 3. The summed E-state index contributed by atoms with van der Waals surface area (Å²) in [4.78, 5) is 4.30. The molecule has 2 aromatic rings. The van der Waals surface area contributed by atoms with E-state index in [9.17, 15) is 0 Å². The van der Waals surface area contributed by atoms with Gasteiger partial charge in [-0.2, -0.15) is 5.10 Å². The highest BCUT2D eigenvalue weighted by Gasteiger charge is 2.16. The summed E-state index contributed by atoms with van der Waals surface area (Å²) >= 11 is 0. The molecule has 0 aromatic carbocycles. The van der Waals surface area contributed by atoms with E-state index in [2.05, 4.69) is 29.0 Å². The number of rotatable bonds is 4. The van der Waals surface area contributed by atoms with Gasteiger partial charge in [0.15, 0.2) is 0 Å². The summed E-state index contributed by atoms with van der Waals surface area (Å²) in [6.07, 6.45) is 2.36. The van der Waals surface area contributed by atoms with E-state index in [-0.39, 0.29) is 6.61 Å². The Morgan fingerprint density at radius 2 is 2.18 bits per heavy atom. The van der Waals surface area contributed by atoms with Gasteiger partial charge in [-0.05, 0) is 24.5 Å². The molecule has 0 saturated heterocycles. The Balaban J connectivity index is 2.47. The van der Waals surface area contributed by atoms with Crippen LogP contribution in [0.25, 0.3) is 11.4 Å². The van der Waals surface area contributed by atoms with Crippen LogP contribution in [0.5, 0.6) is 0 Å². The van der Waals surface area contributed by atoms with Gasteiger partial charge in [0.1, 0.15) is 5.69 Å². The van der Waals surface area contributed by atoms with E-state index in [4.69, 9.17) is 5.11 Å². The van der Waals surface area contributed by atoms with E-state index in [1.54, 1.807) is 6.20 Å². The molecule has 2 rings (SSSR count). The third-order valence-electron chi connectivity index (χ3n) is 2.75. The highest BCUT2D eigenvalue weighted by atomic mass is 16.2. The number of pyridine rings is 1. The summed E-state index contributed by atoms with van der Waals surface area (Å²) < 4.78 is 0. The molecule has 0 atom stereocenters. The lowest BCUT2D eigenvalue weighted by Gasteiger charge is -2.06. The number of aliphatic hydroxyl groups excluding tert-OH is 1. The molecule has 0 aliphatic rings. The van der Waals surface area contributed by atoms with Crippen LogP contribution in [0.4, 0.5) is 0 Å². The fourth-order valence-corrected chi connectivity index (χ4v) is 1.94. The van der Waals surface area contributed by atoms with Gasteiger partial charge in [-0.15, -0.1) is 0 Å². The van der Waals surface area contributed by atoms with Crippen LogP contribution in [0.3, 0.4) is 0 Å². The highest BCUT2D eigenvalue weighted by Crippen LogP contribution is 2.26. The Bertz CT molecular complexity index is 477. The minimum Gasteiger partial charge on any atom is -0.396 e. The molecule has 0 aliphatic carbocycles. The molecule has 0 bridgehead atoms. The number of H-pyrrole nitrogens is 1. The Kier molecular flexibility index (Phi) is 3.54. The van der Waals surface area contributed by atoms with E-state index < -0.39 is 0 Å². The lowest BCUT2D eigenvalue weighted by Crippen LogP contribution is -1.99. The van der Waals surface area contributed by atoms with Gasteiger partial charge in [-0.25, -0.2) is 0 Å². The van der Waals surface area contributed by atoms with Gasteiger partial charge in [0.2, 0.25) is 0 Å². The van der Waals surface area contributed by atoms with Crippen molar-refractivity contribution in [3.63, 3.8) is 0 Å². The summed E-state index contributed by atoms with van der Waals surface area (Å²) in [6, 6.07) is 5.75. The monoisotopic (exact) mass is 231 g/mol. The Morgan fingerprint density at radius 3 is 2.76 bits per heavy atom. The average molecular weight is 231 g/mol.